The van der Waals surface area contributed by atoms with Crippen LogP contribution < -0.4 is 5.14 Å². The van der Waals surface area contributed by atoms with E-state index in [0.717, 1.165) is 4.68 Å². The molecule has 2 aromatic rings. The SMILES string of the molecule is NS(=O)(=O)c1ncn(-c2ncccn2)n1. The van der Waals surface area contributed by atoms with Crippen LogP contribution in [0.4, 0.5) is 0 Å². The van der Waals surface area contributed by atoms with Gasteiger partial charge in [-0.05, 0) is 6.07 Å². The number of nitrogens with zero attached hydrogens (tertiary/aromatic N) is 5. The van der Waals surface area contributed by atoms with Gasteiger partial charge in [-0.1, -0.05) is 0 Å². The van der Waals surface area contributed by atoms with Gasteiger partial charge in [0.1, 0.15) is 6.33 Å². The lowest BCUT2D eigenvalue weighted by Crippen LogP contribution is -2.14. The Morgan fingerprint density at radius 1 is 1.20 bits per heavy atom. The predicted octanol–water partition coefficient (Wildman–Crippen LogP) is -1.30. The Balaban J connectivity index is 2.46. The van der Waals surface area contributed by atoms with Crippen LogP contribution in [-0.2, 0) is 10.0 Å². The minimum absolute atomic E-state index is 0.222. The normalized spacial score (nSPS) is 11.5. The van der Waals surface area contributed by atoms with Gasteiger partial charge in [-0.2, -0.15) is 4.68 Å². The Morgan fingerprint density at radius 2 is 1.87 bits per heavy atom. The second-order valence-corrected chi connectivity index (χ2v) is 4.02. The van der Waals surface area contributed by atoms with Crippen LogP contribution in [0.2, 0.25) is 0 Å². The summed E-state index contributed by atoms with van der Waals surface area (Å²) in [5, 5.41) is 8.00. The summed E-state index contributed by atoms with van der Waals surface area (Å²) in [5.41, 5.74) is 0. The monoisotopic (exact) mass is 226 g/mol. The van der Waals surface area contributed by atoms with Crippen molar-refractivity contribution in [2.24, 2.45) is 5.14 Å². The maximum Gasteiger partial charge on any atom is 0.282 e. The quantitative estimate of drug-likeness (QED) is 0.680. The van der Waals surface area contributed by atoms with Gasteiger partial charge in [0, 0.05) is 12.4 Å². The first kappa shape index (κ1) is 9.68. The highest BCUT2D eigenvalue weighted by molar-refractivity contribution is 7.89. The van der Waals surface area contributed by atoms with E-state index in [1.807, 2.05) is 0 Å². The number of sulfonamides is 1. The maximum atomic E-state index is 10.9. The van der Waals surface area contributed by atoms with Gasteiger partial charge < -0.3 is 0 Å². The Labute approximate surface area is 84.9 Å². The van der Waals surface area contributed by atoms with Crippen LogP contribution in [0.15, 0.2) is 29.9 Å². The molecule has 15 heavy (non-hydrogen) atoms. The molecule has 0 aromatic carbocycles. The van der Waals surface area contributed by atoms with Crippen LogP contribution in [0.1, 0.15) is 0 Å². The molecular weight excluding hydrogens is 220 g/mol. The number of aromatic nitrogens is 5. The summed E-state index contributed by atoms with van der Waals surface area (Å²) in [6.07, 6.45) is 4.18. The highest BCUT2D eigenvalue weighted by Gasteiger charge is 2.14. The van der Waals surface area contributed by atoms with Crippen molar-refractivity contribution in [3.05, 3.63) is 24.8 Å². The topological polar surface area (TPSA) is 117 Å². The van der Waals surface area contributed by atoms with Crippen molar-refractivity contribution < 1.29 is 8.42 Å². The third-order valence-corrected chi connectivity index (χ3v) is 2.18. The molecule has 0 amide bonds. The highest BCUT2D eigenvalue weighted by atomic mass is 32.2. The smallest absolute Gasteiger partial charge is 0.222 e. The molecule has 2 aromatic heterocycles. The lowest BCUT2D eigenvalue weighted by molar-refractivity contribution is 0.587. The molecule has 0 aliphatic heterocycles. The summed E-state index contributed by atoms with van der Waals surface area (Å²) in [5.74, 6) is 0.222. The number of hydrogen-bond donors (Lipinski definition) is 1. The molecule has 0 atom stereocenters. The Kier molecular flexibility index (Phi) is 2.17. The van der Waals surface area contributed by atoms with Crippen LogP contribution in [0.3, 0.4) is 0 Å². The molecule has 0 aliphatic rings. The first-order chi connectivity index (χ1) is 7.07. The van der Waals surface area contributed by atoms with Crippen molar-refractivity contribution >= 4 is 10.0 Å². The average molecular weight is 226 g/mol. The predicted molar refractivity (Wildman–Crippen MR) is 48.3 cm³/mol. The number of hydrogen-bond acceptors (Lipinski definition) is 6. The summed E-state index contributed by atoms with van der Waals surface area (Å²) in [7, 11) is -3.89. The Bertz CT molecular complexity index is 562. The molecule has 8 nitrogen and oxygen atoms in total. The minimum atomic E-state index is -3.89. The van der Waals surface area contributed by atoms with Crippen LogP contribution in [-0.4, -0.2) is 33.2 Å². The molecule has 78 valence electrons. The zero-order valence-corrected chi connectivity index (χ0v) is 8.16. The Hall–Kier alpha value is -1.87. The standard InChI is InChI=1S/C6H6N6O2S/c7-15(13,14)6-10-4-12(11-6)5-8-2-1-3-9-5/h1-4H,(H2,7,13,14). The Morgan fingerprint density at radius 3 is 2.40 bits per heavy atom. The van der Waals surface area contributed by atoms with Crippen molar-refractivity contribution in [1.29, 1.82) is 0 Å². The van der Waals surface area contributed by atoms with Crippen molar-refractivity contribution in [2.45, 2.75) is 5.16 Å². The van der Waals surface area contributed by atoms with Crippen molar-refractivity contribution in [2.75, 3.05) is 0 Å². The molecule has 2 N–H and O–H groups in total. The molecule has 2 rings (SSSR count). The van der Waals surface area contributed by atoms with Crippen molar-refractivity contribution in [3.8, 4) is 5.95 Å². The lowest BCUT2D eigenvalue weighted by Gasteiger charge is -1.94. The summed E-state index contributed by atoms with van der Waals surface area (Å²) < 4.78 is 22.9. The molecule has 0 radical (unpaired) electrons. The first-order valence-electron chi connectivity index (χ1n) is 3.79. The van der Waals surface area contributed by atoms with Gasteiger partial charge in [-0.3, -0.25) is 0 Å². The van der Waals surface area contributed by atoms with E-state index >= 15 is 0 Å². The van der Waals surface area contributed by atoms with Crippen LogP contribution in [0.5, 0.6) is 0 Å². The van der Waals surface area contributed by atoms with Gasteiger partial charge in [0.15, 0.2) is 0 Å². The van der Waals surface area contributed by atoms with Gasteiger partial charge in [0.25, 0.3) is 21.1 Å². The molecule has 0 spiro atoms. The fourth-order valence-corrected chi connectivity index (χ4v) is 1.28. The van der Waals surface area contributed by atoms with E-state index < -0.39 is 15.2 Å². The van der Waals surface area contributed by atoms with E-state index in [0.29, 0.717) is 0 Å². The molecule has 0 saturated carbocycles. The number of primary sulfonamides is 1. The molecule has 9 heteroatoms. The summed E-state index contributed by atoms with van der Waals surface area (Å²) in [4.78, 5) is 11.2. The third kappa shape index (κ3) is 1.97. The maximum absolute atomic E-state index is 10.9. The van der Waals surface area contributed by atoms with Gasteiger partial charge in [-0.25, -0.2) is 28.5 Å². The lowest BCUT2D eigenvalue weighted by atomic mass is 10.7. The van der Waals surface area contributed by atoms with E-state index in [4.69, 9.17) is 5.14 Å². The largest absolute Gasteiger partial charge is 0.282 e. The van der Waals surface area contributed by atoms with Crippen LogP contribution in [0.25, 0.3) is 5.95 Å². The molecule has 0 saturated heterocycles. The molecule has 0 aliphatic carbocycles. The third-order valence-electron chi connectivity index (χ3n) is 1.48. The van der Waals surface area contributed by atoms with E-state index in [1.165, 1.54) is 18.7 Å². The van der Waals surface area contributed by atoms with Crippen molar-refractivity contribution in [1.82, 2.24) is 24.7 Å². The summed E-state index contributed by atoms with van der Waals surface area (Å²) in [6, 6.07) is 1.63. The molecule has 0 fully saturated rings. The van der Waals surface area contributed by atoms with Gasteiger partial charge in [0.05, 0.1) is 0 Å². The second-order valence-electron chi connectivity index (χ2n) is 2.57. The van der Waals surface area contributed by atoms with E-state index in [2.05, 4.69) is 20.1 Å². The molecule has 0 bridgehead atoms. The van der Waals surface area contributed by atoms with Crippen LogP contribution in [0, 0.1) is 0 Å². The zero-order valence-electron chi connectivity index (χ0n) is 7.35. The second kappa shape index (κ2) is 3.37. The summed E-state index contributed by atoms with van der Waals surface area (Å²) in [6.45, 7) is 0. The molecule has 0 unspecified atom stereocenters. The molecular formula is C6H6N6O2S. The van der Waals surface area contributed by atoms with Gasteiger partial charge in [-0.15, -0.1) is 5.10 Å². The van der Waals surface area contributed by atoms with E-state index in [9.17, 15) is 8.42 Å². The average Bonchev–Trinajstić information content (AvgIpc) is 2.67. The minimum Gasteiger partial charge on any atom is -0.222 e. The van der Waals surface area contributed by atoms with Crippen molar-refractivity contribution in [3.63, 3.8) is 0 Å². The van der Waals surface area contributed by atoms with Crippen LogP contribution >= 0.6 is 0 Å². The zero-order chi connectivity index (χ0) is 10.9. The van der Waals surface area contributed by atoms with E-state index in [-0.39, 0.29) is 5.95 Å². The van der Waals surface area contributed by atoms with Gasteiger partial charge in [0.2, 0.25) is 0 Å². The van der Waals surface area contributed by atoms with Gasteiger partial charge >= 0.3 is 0 Å². The molecule has 2 heterocycles. The fourth-order valence-electron chi connectivity index (χ4n) is 0.884. The van der Waals surface area contributed by atoms with E-state index in [1.54, 1.807) is 6.07 Å². The highest BCUT2D eigenvalue weighted by Crippen LogP contribution is 2.00. The summed E-state index contributed by atoms with van der Waals surface area (Å²) >= 11 is 0. The number of rotatable bonds is 2. The first-order valence-corrected chi connectivity index (χ1v) is 5.34. The fraction of sp³-hybridized carbons (Fsp3) is 0. The number of nitrogens with two attached hydrogens (primary N) is 1.